The van der Waals surface area contributed by atoms with E-state index in [9.17, 15) is 22.3 Å². The van der Waals surface area contributed by atoms with Crippen molar-refractivity contribution < 1.29 is 40.4 Å². The summed E-state index contributed by atoms with van der Waals surface area (Å²) in [6.07, 6.45) is 13.1. The van der Waals surface area contributed by atoms with E-state index in [1.165, 1.54) is 31.5 Å². The monoisotopic (exact) mass is 766 g/mol. The van der Waals surface area contributed by atoms with Crippen molar-refractivity contribution in [1.29, 1.82) is 0 Å². The lowest BCUT2D eigenvalue weighted by atomic mass is 9.83. The number of ketones is 1. The fraction of sp³-hybridized carbons (Fsp3) is 0.571. The van der Waals surface area contributed by atoms with Gasteiger partial charge in [0.2, 0.25) is 0 Å². The zero-order valence-electron chi connectivity index (χ0n) is 30.5. The molecular formula is C35H52N4O9P2S. The first-order valence-corrected chi connectivity index (χ1v) is 22.7. The molecular weight excluding hydrogens is 714 g/mol. The van der Waals surface area contributed by atoms with Crippen molar-refractivity contribution in [3.05, 3.63) is 77.4 Å². The second-order valence-corrected chi connectivity index (χ2v) is 18.4. The minimum atomic E-state index is -3.30. The molecule has 0 amide bonds. The summed E-state index contributed by atoms with van der Waals surface area (Å²) in [5, 5.41) is 0. The number of hydrogen-bond donors (Lipinski definition) is 0. The van der Waals surface area contributed by atoms with E-state index in [0.29, 0.717) is 36.2 Å². The molecule has 2 aromatic heterocycles. The standard InChI is InChI=1S/C25H35N2O6PS.C10H17N2O3P/c1-4-32-34(29,33-5-2)18-22-17-26-21(16-27-22)15-25(28)24(14-19-8-6-7-9-19)20-10-12-23(13-11-20)35(3,30)31;1-4-14-16(13,15-5-2)8-10-7-11-9(3)6-12-10/h10-13,16-17,19,24H,4-9,14-15,18H2,1-3H3;6-7H,4-5,8H2,1-3H3/t24-;/m1./s1. The summed E-state index contributed by atoms with van der Waals surface area (Å²) in [5.41, 5.74) is 3.28. The maximum atomic E-state index is 13.4. The molecule has 0 bridgehead atoms. The van der Waals surface area contributed by atoms with Gasteiger partial charge in [-0.1, -0.05) is 37.8 Å². The van der Waals surface area contributed by atoms with Gasteiger partial charge in [-0.05, 0) is 64.7 Å². The van der Waals surface area contributed by atoms with Gasteiger partial charge >= 0.3 is 15.2 Å². The summed E-state index contributed by atoms with van der Waals surface area (Å²) in [6.45, 7) is 10.2. The predicted molar refractivity (Wildman–Crippen MR) is 196 cm³/mol. The number of benzene rings is 1. The van der Waals surface area contributed by atoms with Crippen LogP contribution in [0.3, 0.4) is 0 Å². The Kier molecular flexibility index (Phi) is 17.2. The van der Waals surface area contributed by atoms with E-state index in [-0.39, 0.29) is 48.6 Å². The molecule has 1 atom stereocenters. The van der Waals surface area contributed by atoms with Crippen molar-refractivity contribution in [3.8, 4) is 0 Å². The fourth-order valence-corrected chi connectivity index (χ4v) is 9.62. The van der Waals surface area contributed by atoms with Gasteiger partial charge in [0, 0.05) is 37.0 Å². The van der Waals surface area contributed by atoms with Gasteiger partial charge in [-0.2, -0.15) is 0 Å². The highest BCUT2D eigenvalue weighted by molar-refractivity contribution is 7.90. The van der Waals surface area contributed by atoms with E-state index in [2.05, 4.69) is 19.9 Å². The molecule has 0 radical (unpaired) electrons. The molecule has 1 saturated carbocycles. The molecule has 0 aliphatic heterocycles. The third-order valence-electron chi connectivity index (χ3n) is 8.11. The van der Waals surface area contributed by atoms with Crippen LogP contribution < -0.4 is 0 Å². The Morgan fingerprint density at radius 1 is 0.745 bits per heavy atom. The average Bonchev–Trinajstić information content (AvgIpc) is 3.59. The largest absolute Gasteiger partial charge is 0.336 e. The smallest absolute Gasteiger partial charge is 0.309 e. The molecule has 16 heteroatoms. The second-order valence-electron chi connectivity index (χ2n) is 12.3. The lowest BCUT2D eigenvalue weighted by Gasteiger charge is -2.20. The van der Waals surface area contributed by atoms with Gasteiger partial charge in [0.15, 0.2) is 9.84 Å². The van der Waals surface area contributed by atoms with Crippen LogP contribution in [-0.4, -0.2) is 66.8 Å². The Morgan fingerprint density at radius 2 is 1.20 bits per heavy atom. The van der Waals surface area contributed by atoms with Gasteiger partial charge in [0.05, 0.1) is 72.8 Å². The van der Waals surface area contributed by atoms with Crippen LogP contribution in [0.25, 0.3) is 0 Å². The Balaban J connectivity index is 0.000000367. The van der Waals surface area contributed by atoms with Crippen molar-refractivity contribution in [1.82, 2.24) is 19.9 Å². The molecule has 1 aliphatic rings. The SMILES string of the molecule is CCOP(=O)(Cc1cnc(C)cn1)OCC.CCOP(=O)(Cc1cnc(CC(=O)[C@H](CC2CCCC2)c2ccc(S(C)(=O)=O)cc2)cn1)OCC. The van der Waals surface area contributed by atoms with E-state index in [4.69, 9.17) is 18.1 Å². The number of carbonyl (C=O) groups is 1. The van der Waals surface area contributed by atoms with Crippen LogP contribution in [0.1, 0.15) is 94.1 Å². The highest BCUT2D eigenvalue weighted by Gasteiger charge is 2.29. The zero-order valence-corrected chi connectivity index (χ0v) is 33.1. The van der Waals surface area contributed by atoms with Gasteiger partial charge in [-0.15, -0.1) is 0 Å². The number of sulfone groups is 1. The number of aryl methyl sites for hydroxylation is 1. The summed E-state index contributed by atoms with van der Waals surface area (Å²) in [5.74, 6) is 0.183. The quantitative estimate of drug-likeness (QED) is 0.109. The molecule has 13 nitrogen and oxygen atoms in total. The fourth-order valence-electron chi connectivity index (χ4n) is 5.78. The Morgan fingerprint density at radius 3 is 1.61 bits per heavy atom. The zero-order chi connectivity index (χ0) is 37.5. The van der Waals surface area contributed by atoms with E-state index in [1.54, 1.807) is 64.4 Å². The van der Waals surface area contributed by atoms with E-state index >= 15 is 0 Å². The number of Topliss-reactive ketones (excluding diaryl/α,β-unsaturated/α-hetero) is 1. The summed E-state index contributed by atoms with van der Waals surface area (Å²) in [7, 11) is -9.65. The minimum absolute atomic E-state index is 0.0207. The number of aromatic nitrogens is 4. The number of nitrogens with zero attached hydrogens (tertiary/aromatic N) is 4. The molecule has 0 spiro atoms. The minimum Gasteiger partial charge on any atom is -0.309 e. The molecule has 51 heavy (non-hydrogen) atoms. The second kappa shape index (κ2) is 20.5. The normalized spacial score (nSPS) is 14.5. The van der Waals surface area contributed by atoms with Gasteiger partial charge in [-0.25, -0.2) is 8.42 Å². The first kappa shape index (κ1) is 42.7. The summed E-state index contributed by atoms with van der Waals surface area (Å²) in [6, 6.07) is 6.65. The topological polar surface area (TPSA) is 174 Å². The van der Waals surface area contributed by atoms with Crippen LogP contribution >= 0.6 is 15.2 Å². The van der Waals surface area contributed by atoms with Crippen molar-refractivity contribution in [2.24, 2.45) is 5.92 Å². The number of rotatable bonds is 19. The first-order valence-electron chi connectivity index (χ1n) is 17.4. The highest BCUT2D eigenvalue weighted by atomic mass is 32.2. The molecule has 282 valence electrons. The van der Waals surface area contributed by atoms with Gasteiger partial charge in [-0.3, -0.25) is 33.9 Å². The molecule has 0 N–H and O–H groups in total. The number of hydrogen-bond acceptors (Lipinski definition) is 13. The lowest BCUT2D eigenvalue weighted by molar-refractivity contribution is -0.120. The third-order valence-corrected chi connectivity index (χ3v) is 13.3. The Labute approximate surface area is 302 Å². The Hall–Kier alpha value is -2.70. The molecule has 1 aromatic carbocycles. The van der Waals surface area contributed by atoms with Gasteiger partial charge in [0.1, 0.15) is 5.78 Å². The average molecular weight is 767 g/mol. The summed E-state index contributed by atoms with van der Waals surface area (Å²) >= 11 is 0. The van der Waals surface area contributed by atoms with Crippen LogP contribution in [0.5, 0.6) is 0 Å². The van der Waals surface area contributed by atoms with Gasteiger partial charge < -0.3 is 18.1 Å². The van der Waals surface area contributed by atoms with E-state index < -0.39 is 25.0 Å². The van der Waals surface area contributed by atoms with Crippen LogP contribution in [0.2, 0.25) is 0 Å². The molecule has 1 aliphatic carbocycles. The third kappa shape index (κ3) is 14.3. The molecule has 0 saturated heterocycles. The van der Waals surface area contributed by atoms with Crippen LogP contribution in [0, 0.1) is 12.8 Å². The van der Waals surface area contributed by atoms with Crippen molar-refractivity contribution >= 4 is 30.8 Å². The maximum Gasteiger partial charge on any atom is 0.336 e. The van der Waals surface area contributed by atoms with Crippen LogP contribution in [-0.2, 0) is 60.6 Å². The summed E-state index contributed by atoms with van der Waals surface area (Å²) < 4.78 is 69.5. The van der Waals surface area contributed by atoms with Crippen LogP contribution in [0.15, 0.2) is 53.9 Å². The Bertz CT molecular complexity index is 1700. The van der Waals surface area contributed by atoms with Crippen LogP contribution in [0.4, 0.5) is 0 Å². The molecule has 1 fully saturated rings. The highest BCUT2D eigenvalue weighted by Crippen LogP contribution is 2.51. The molecule has 3 aromatic rings. The van der Waals surface area contributed by atoms with E-state index in [0.717, 1.165) is 30.5 Å². The van der Waals surface area contributed by atoms with Crippen molar-refractivity contribution in [2.45, 2.75) is 96.3 Å². The van der Waals surface area contributed by atoms with Gasteiger partial charge in [0.25, 0.3) is 0 Å². The lowest BCUT2D eigenvalue weighted by Crippen LogP contribution is -2.19. The molecule has 0 unspecified atom stereocenters. The maximum absolute atomic E-state index is 13.4. The molecule has 2 heterocycles. The molecule has 4 rings (SSSR count). The predicted octanol–water partition coefficient (Wildman–Crippen LogP) is 7.67. The van der Waals surface area contributed by atoms with Crippen molar-refractivity contribution in [2.75, 3.05) is 32.7 Å². The van der Waals surface area contributed by atoms with Crippen molar-refractivity contribution in [3.63, 3.8) is 0 Å². The van der Waals surface area contributed by atoms with E-state index in [1.807, 2.05) is 6.92 Å². The number of carbonyl (C=O) groups excluding carboxylic acids is 1. The summed E-state index contributed by atoms with van der Waals surface area (Å²) in [4.78, 5) is 30.6. The first-order chi connectivity index (χ1) is 24.2.